The van der Waals surface area contributed by atoms with Crippen LogP contribution in [0, 0.1) is 17.3 Å². The van der Waals surface area contributed by atoms with Crippen molar-refractivity contribution in [1.82, 2.24) is 10.2 Å². The van der Waals surface area contributed by atoms with Gasteiger partial charge in [-0.2, -0.15) is 0 Å². The van der Waals surface area contributed by atoms with Crippen molar-refractivity contribution in [2.75, 3.05) is 19.6 Å². The predicted molar refractivity (Wildman–Crippen MR) is 77.5 cm³/mol. The SMILES string of the molecule is CC1(C)[C@H]2CN(C(=O)NCCc3cccc(O)c3)C[C@@H]21. The highest BCUT2D eigenvalue weighted by Crippen LogP contribution is 2.61. The lowest BCUT2D eigenvalue weighted by Gasteiger charge is -2.22. The number of carbonyl (C=O) groups is 1. The summed E-state index contributed by atoms with van der Waals surface area (Å²) in [5.74, 6) is 1.66. The summed E-state index contributed by atoms with van der Waals surface area (Å²) in [5, 5.41) is 12.3. The Morgan fingerprint density at radius 3 is 2.75 bits per heavy atom. The van der Waals surface area contributed by atoms with Gasteiger partial charge in [0.1, 0.15) is 5.75 Å². The topological polar surface area (TPSA) is 52.6 Å². The van der Waals surface area contributed by atoms with E-state index < -0.39 is 0 Å². The maximum Gasteiger partial charge on any atom is 0.317 e. The predicted octanol–water partition coefficient (Wildman–Crippen LogP) is 2.23. The fourth-order valence-corrected chi connectivity index (χ4v) is 3.44. The maximum atomic E-state index is 12.0. The molecule has 1 saturated carbocycles. The molecule has 108 valence electrons. The Bertz CT molecular complexity index is 513. The summed E-state index contributed by atoms with van der Waals surface area (Å²) in [4.78, 5) is 14.0. The van der Waals surface area contributed by atoms with Crippen LogP contribution < -0.4 is 5.32 Å². The molecule has 2 aliphatic rings. The molecule has 1 aromatic carbocycles. The Labute approximate surface area is 119 Å². The number of phenols is 1. The van der Waals surface area contributed by atoms with Crippen LogP contribution in [-0.2, 0) is 6.42 Å². The summed E-state index contributed by atoms with van der Waals surface area (Å²) in [7, 11) is 0. The minimum absolute atomic E-state index is 0.0492. The number of benzene rings is 1. The molecule has 1 aromatic rings. The van der Waals surface area contributed by atoms with E-state index >= 15 is 0 Å². The number of hydrogen-bond donors (Lipinski definition) is 2. The van der Waals surface area contributed by atoms with Crippen LogP contribution in [0.25, 0.3) is 0 Å². The first-order valence-corrected chi connectivity index (χ1v) is 7.29. The Balaban J connectivity index is 1.43. The molecule has 2 atom stereocenters. The molecule has 0 aromatic heterocycles. The van der Waals surface area contributed by atoms with Gasteiger partial charge in [-0.15, -0.1) is 0 Å². The minimum atomic E-state index is 0.0492. The third-order valence-electron chi connectivity index (χ3n) is 5.01. The molecule has 1 saturated heterocycles. The van der Waals surface area contributed by atoms with Crippen molar-refractivity contribution >= 4 is 6.03 Å². The lowest BCUT2D eigenvalue weighted by atomic mass is 10.1. The van der Waals surface area contributed by atoms with Gasteiger partial charge >= 0.3 is 6.03 Å². The summed E-state index contributed by atoms with van der Waals surface area (Å²) in [5.41, 5.74) is 1.48. The first kappa shape index (κ1) is 13.3. The Hall–Kier alpha value is -1.71. The van der Waals surface area contributed by atoms with Crippen LogP contribution in [0.3, 0.4) is 0 Å². The summed E-state index contributed by atoms with van der Waals surface area (Å²) in [6.45, 7) is 6.99. The quantitative estimate of drug-likeness (QED) is 0.888. The summed E-state index contributed by atoms with van der Waals surface area (Å²) >= 11 is 0. The number of likely N-dealkylation sites (tertiary alicyclic amines) is 1. The van der Waals surface area contributed by atoms with Crippen LogP contribution in [-0.4, -0.2) is 35.7 Å². The molecule has 4 heteroatoms. The van der Waals surface area contributed by atoms with Crippen molar-refractivity contribution in [1.29, 1.82) is 0 Å². The highest BCUT2D eigenvalue weighted by molar-refractivity contribution is 5.74. The monoisotopic (exact) mass is 274 g/mol. The smallest absolute Gasteiger partial charge is 0.317 e. The number of aromatic hydroxyl groups is 1. The van der Waals surface area contributed by atoms with Gasteiger partial charge in [-0.25, -0.2) is 4.79 Å². The number of amides is 2. The third-order valence-corrected chi connectivity index (χ3v) is 5.01. The molecule has 3 rings (SSSR count). The third kappa shape index (κ3) is 2.35. The van der Waals surface area contributed by atoms with Crippen LogP contribution in [0.5, 0.6) is 5.75 Å². The molecule has 1 heterocycles. The first-order valence-electron chi connectivity index (χ1n) is 7.29. The Morgan fingerprint density at radius 1 is 1.40 bits per heavy atom. The molecule has 2 fully saturated rings. The van der Waals surface area contributed by atoms with Gasteiger partial charge in [0.2, 0.25) is 0 Å². The fraction of sp³-hybridized carbons (Fsp3) is 0.562. The van der Waals surface area contributed by atoms with Gasteiger partial charge in [0.05, 0.1) is 0 Å². The lowest BCUT2D eigenvalue weighted by Crippen LogP contribution is -2.41. The lowest BCUT2D eigenvalue weighted by molar-refractivity contribution is 0.196. The number of phenolic OH excluding ortho intramolecular Hbond substituents is 1. The highest BCUT2D eigenvalue weighted by Gasteiger charge is 2.62. The minimum Gasteiger partial charge on any atom is -0.508 e. The maximum absolute atomic E-state index is 12.0. The van der Waals surface area contributed by atoms with Gasteiger partial charge in [-0.05, 0) is 41.4 Å². The first-order chi connectivity index (χ1) is 9.48. The molecule has 0 spiro atoms. The molecular formula is C16H22N2O2. The molecular weight excluding hydrogens is 252 g/mol. The van der Waals surface area contributed by atoms with Crippen LogP contribution in [0.4, 0.5) is 4.79 Å². The normalized spacial score (nSPS) is 26.2. The van der Waals surface area contributed by atoms with E-state index in [0.29, 0.717) is 23.8 Å². The van der Waals surface area contributed by atoms with Crippen molar-refractivity contribution in [3.8, 4) is 5.75 Å². The van der Waals surface area contributed by atoms with E-state index in [9.17, 15) is 9.90 Å². The molecule has 0 unspecified atom stereocenters. The average molecular weight is 274 g/mol. The molecule has 0 bridgehead atoms. The van der Waals surface area contributed by atoms with Crippen molar-refractivity contribution < 1.29 is 9.90 Å². The van der Waals surface area contributed by atoms with Crippen LogP contribution in [0.2, 0.25) is 0 Å². The van der Waals surface area contributed by atoms with Crippen LogP contribution in [0.15, 0.2) is 24.3 Å². The standard InChI is InChI=1S/C16H22N2O2/c1-16(2)13-9-18(10-14(13)16)15(20)17-7-6-11-4-3-5-12(19)8-11/h3-5,8,13-14,19H,6-7,9-10H2,1-2H3,(H,17,20)/t13-,14-/m0/s1. The van der Waals surface area contributed by atoms with Gasteiger partial charge in [0.15, 0.2) is 0 Å². The molecule has 2 N–H and O–H groups in total. The van der Waals surface area contributed by atoms with Crippen LogP contribution in [0.1, 0.15) is 19.4 Å². The van der Waals surface area contributed by atoms with Gasteiger partial charge in [0, 0.05) is 19.6 Å². The number of fused-ring (bicyclic) bond motifs is 1. The Morgan fingerprint density at radius 2 is 2.10 bits per heavy atom. The number of nitrogens with zero attached hydrogens (tertiary/aromatic N) is 1. The number of piperidine rings is 1. The molecule has 2 amide bonds. The fourth-order valence-electron chi connectivity index (χ4n) is 3.44. The second-order valence-electron chi connectivity index (χ2n) is 6.59. The second kappa shape index (κ2) is 4.69. The van der Waals surface area contributed by atoms with Crippen LogP contribution >= 0.6 is 0 Å². The number of nitrogens with one attached hydrogen (secondary N) is 1. The van der Waals surface area contributed by atoms with Gasteiger partial charge < -0.3 is 15.3 Å². The van der Waals surface area contributed by atoms with Gasteiger partial charge in [0.25, 0.3) is 0 Å². The number of carbonyl (C=O) groups excluding carboxylic acids is 1. The largest absolute Gasteiger partial charge is 0.508 e. The van der Waals surface area contributed by atoms with E-state index in [1.165, 1.54) is 0 Å². The van der Waals surface area contributed by atoms with Crippen molar-refractivity contribution in [3.05, 3.63) is 29.8 Å². The molecule has 20 heavy (non-hydrogen) atoms. The number of rotatable bonds is 3. The summed E-state index contributed by atoms with van der Waals surface area (Å²) < 4.78 is 0. The average Bonchev–Trinajstić information content (AvgIpc) is 2.80. The number of hydrogen-bond acceptors (Lipinski definition) is 2. The van der Waals surface area contributed by atoms with E-state index in [4.69, 9.17) is 0 Å². The number of urea groups is 1. The Kier molecular flexibility index (Phi) is 3.11. The zero-order chi connectivity index (χ0) is 14.3. The van der Waals surface area contributed by atoms with E-state index in [0.717, 1.165) is 25.1 Å². The van der Waals surface area contributed by atoms with Crippen molar-refractivity contribution in [2.24, 2.45) is 17.3 Å². The van der Waals surface area contributed by atoms with E-state index in [1.807, 2.05) is 17.0 Å². The van der Waals surface area contributed by atoms with Crippen molar-refractivity contribution in [2.45, 2.75) is 20.3 Å². The second-order valence-corrected chi connectivity index (χ2v) is 6.59. The van der Waals surface area contributed by atoms with E-state index in [2.05, 4.69) is 19.2 Å². The molecule has 4 nitrogen and oxygen atoms in total. The zero-order valence-electron chi connectivity index (χ0n) is 12.1. The molecule has 1 aliphatic carbocycles. The molecule has 1 aliphatic heterocycles. The highest BCUT2D eigenvalue weighted by atomic mass is 16.3. The van der Waals surface area contributed by atoms with Gasteiger partial charge in [-0.1, -0.05) is 26.0 Å². The van der Waals surface area contributed by atoms with E-state index in [-0.39, 0.29) is 11.8 Å². The van der Waals surface area contributed by atoms with Crippen molar-refractivity contribution in [3.63, 3.8) is 0 Å². The summed E-state index contributed by atoms with van der Waals surface area (Å²) in [6, 6.07) is 7.22. The summed E-state index contributed by atoms with van der Waals surface area (Å²) in [6.07, 6.45) is 0.742. The van der Waals surface area contributed by atoms with E-state index in [1.54, 1.807) is 12.1 Å². The molecule has 0 radical (unpaired) electrons. The van der Waals surface area contributed by atoms with Gasteiger partial charge in [-0.3, -0.25) is 0 Å². The zero-order valence-corrected chi connectivity index (χ0v) is 12.1.